The molecule has 0 radical (unpaired) electrons. The highest BCUT2D eigenvalue weighted by Crippen LogP contribution is 2.29. The molecule has 1 saturated heterocycles. The summed E-state index contributed by atoms with van der Waals surface area (Å²) in [7, 11) is 0. The van der Waals surface area contributed by atoms with Gasteiger partial charge in [-0.1, -0.05) is 12.1 Å². The summed E-state index contributed by atoms with van der Waals surface area (Å²) in [6.45, 7) is 3.33. The molecule has 1 heterocycles. The molecule has 0 aromatic heterocycles. The van der Waals surface area contributed by atoms with Gasteiger partial charge in [0, 0.05) is 36.7 Å². The van der Waals surface area contributed by atoms with E-state index in [9.17, 15) is 13.6 Å². The van der Waals surface area contributed by atoms with Gasteiger partial charge in [-0.3, -0.25) is 4.79 Å². The first-order valence-corrected chi connectivity index (χ1v) is 9.44. The number of hydrogen-bond donors (Lipinski definition) is 0. The lowest BCUT2D eigenvalue weighted by molar-refractivity contribution is -0.130. The van der Waals surface area contributed by atoms with Crippen LogP contribution in [0.15, 0.2) is 47.4 Å². The molecule has 0 unspecified atom stereocenters. The summed E-state index contributed by atoms with van der Waals surface area (Å²) in [6.07, 6.45) is 2.10. The monoisotopic (exact) mass is 361 g/mol. The van der Waals surface area contributed by atoms with E-state index in [1.807, 2.05) is 29.2 Å². The fourth-order valence-corrected chi connectivity index (χ4v) is 4.18. The summed E-state index contributed by atoms with van der Waals surface area (Å²) >= 11 is 1.80. The Bertz CT molecular complexity index is 720. The molecule has 0 aliphatic carbocycles. The van der Waals surface area contributed by atoms with Gasteiger partial charge in [0.15, 0.2) is 0 Å². The van der Waals surface area contributed by atoms with Gasteiger partial charge in [-0.25, -0.2) is 8.78 Å². The molecule has 1 aliphatic heterocycles. The number of nitrogens with zero attached hydrogens (tertiary/aromatic N) is 1. The molecule has 0 spiro atoms. The van der Waals surface area contributed by atoms with Gasteiger partial charge >= 0.3 is 0 Å². The van der Waals surface area contributed by atoms with Gasteiger partial charge in [0.2, 0.25) is 5.91 Å². The molecule has 1 amide bonds. The summed E-state index contributed by atoms with van der Waals surface area (Å²) in [5.41, 5.74) is 1.35. The third-order valence-corrected chi connectivity index (χ3v) is 5.84. The second-order valence-electron chi connectivity index (χ2n) is 6.44. The van der Waals surface area contributed by atoms with Crippen LogP contribution in [0.1, 0.15) is 19.8 Å². The van der Waals surface area contributed by atoms with Crippen molar-refractivity contribution >= 4 is 17.7 Å². The van der Waals surface area contributed by atoms with Crippen LogP contribution in [0.4, 0.5) is 8.78 Å². The Kier molecular flexibility index (Phi) is 5.74. The zero-order valence-electron chi connectivity index (χ0n) is 14.2. The van der Waals surface area contributed by atoms with Crippen LogP contribution in [0.2, 0.25) is 0 Å². The molecular formula is C20H21F2NOS. The molecule has 25 heavy (non-hydrogen) atoms. The highest BCUT2D eigenvalue weighted by Gasteiger charge is 2.20. The van der Waals surface area contributed by atoms with Gasteiger partial charge in [0.25, 0.3) is 0 Å². The molecule has 1 fully saturated rings. The molecule has 132 valence electrons. The smallest absolute Gasteiger partial charge is 0.219 e. The average molecular weight is 361 g/mol. The molecule has 0 bridgehead atoms. The van der Waals surface area contributed by atoms with Crippen molar-refractivity contribution in [3.8, 4) is 11.1 Å². The van der Waals surface area contributed by atoms with Crippen LogP contribution in [0.5, 0.6) is 0 Å². The van der Waals surface area contributed by atoms with E-state index in [1.165, 1.54) is 12.1 Å². The predicted molar refractivity (Wildman–Crippen MR) is 97.5 cm³/mol. The number of rotatable bonds is 4. The first kappa shape index (κ1) is 17.9. The summed E-state index contributed by atoms with van der Waals surface area (Å²) in [4.78, 5) is 14.4. The molecule has 5 heteroatoms. The Labute approximate surface area is 151 Å². The van der Waals surface area contributed by atoms with Crippen LogP contribution < -0.4 is 0 Å². The van der Waals surface area contributed by atoms with E-state index in [-0.39, 0.29) is 5.91 Å². The van der Waals surface area contributed by atoms with E-state index in [0.717, 1.165) is 48.2 Å². The minimum absolute atomic E-state index is 0.162. The maximum atomic E-state index is 13.3. The third kappa shape index (κ3) is 4.82. The molecule has 0 N–H and O–H groups in total. The van der Waals surface area contributed by atoms with Crippen molar-refractivity contribution in [3.63, 3.8) is 0 Å². The standard InChI is InChI=1S/C20H21F2NOS/c1-14(24)23-8-6-15(7-9-23)13-25-20-4-2-16(3-5-20)17-10-18(21)12-19(22)11-17/h2-5,10-12,15H,6-9,13H2,1H3. The van der Waals surface area contributed by atoms with Crippen molar-refractivity contribution < 1.29 is 13.6 Å². The van der Waals surface area contributed by atoms with Crippen molar-refractivity contribution in [2.24, 2.45) is 5.92 Å². The lowest BCUT2D eigenvalue weighted by Gasteiger charge is -2.31. The fourth-order valence-electron chi connectivity index (χ4n) is 3.09. The zero-order chi connectivity index (χ0) is 17.8. The number of halogens is 2. The Hall–Kier alpha value is -1.88. The lowest BCUT2D eigenvalue weighted by Crippen LogP contribution is -2.37. The normalized spacial score (nSPS) is 15.4. The lowest BCUT2D eigenvalue weighted by atomic mass is 9.99. The maximum absolute atomic E-state index is 13.3. The highest BCUT2D eigenvalue weighted by atomic mass is 32.2. The van der Waals surface area contributed by atoms with Crippen molar-refractivity contribution in [1.29, 1.82) is 0 Å². The number of likely N-dealkylation sites (tertiary alicyclic amines) is 1. The predicted octanol–water partition coefficient (Wildman–Crippen LogP) is 4.98. The SMILES string of the molecule is CC(=O)N1CCC(CSc2ccc(-c3cc(F)cc(F)c3)cc2)CC1. The van der Waals surface area contributed by atoms with Gasteiger partial charge < -0.3 is 4.90 Å². The molecule has 0 atom stereocenters. The Morgan fingerprint density at radius 3 is 2.20 bits per heavy atom. The Balaban J connectivity index is 1.55. The van der Waals surface area contributed by atoms with E-state index in [1.54, 1.807) is 18.7 Å². The van der Waals surface area contributed by atoms with Gasteiger partial charge in [0.1, 0.15) is 11.6 Å². The van der Waals surface area contributed by atoms with E-state index in [0.29, 0.717) is 11.5 Å². The second kappa shape index (κ2) is 8.00. The summed E-state index contributed by atoms with van der Waals surface area (Å²) in [5.74, 6) is 0.684. The average Bonchev–Trinajstić information content (AvgIpc) is 2.60. The summed E-state index contributed by atoms with van der Waals surface area (Å²) in [6, 6.07) is 11.3. The van der Waals surface area contributed by atoms with E-state index >= 15 is 0 Å². The van der Waals surface area contributed by atoms with E-state index in [4.69, 9.17) is 0 Å². The summed E-state index contributed by atoms with van der Waals surface area (Å²) in [5, 5.41) is 0. The van der Waals surface area contributed by atoms with E-state index < -0.39 is 11.6 Å². The van der Waals surface area contributed by atoms with Crippen LogP contribution >= 0.6 is 11.8 Å². The number of carbonyl (C=O) groups excluding carboxylic acids is 1. The first-order valence-electron chi connectivity index (χ1n) is 8.46. The quantitative estimate of drug-likeness (QED) is 0.716. The molecule has 0 saturated carbocycles. The minimum atomic E-state index is -0.564. The zero-order valence-corrected chi connectivity index (χ0v) is 15.0. The number of amides is 1. The van der Waals surface area contributed by atoms with Gasteiger partial charge in [-0.2, -0.15) is 0 Å². The number of piperidine rings is 1. The van der Waals surface area contributed by atoms with Gasteiger partial charge in [-0.15, -0.1) is 11.8 Å². The molecular weight excluding hydrogens is 340 g/mol. The molecule has 1 aliphatic rings. The molecule has 2 aromatic rings. The van der Waals surface area contributed by atoms with Crippen LogP contribution in [0, 0.1) is 17.6 Å². The fraction of sp³-hybridized carbons (Fsp3) is 0.350. The van der Waals surface area contributed by atoms with Crippen LogP contribution in [-0.2, 0) is 4.79 Å². The molecule has 2 aromatic carbocycles. The number of benzene rings is 2. The van der Waals surface area contributed by atoms with Crippen molar-refractivity contribution in [2.75, 3.05) is 18.8 Å². The maximum Gasteiger partial charge on any atom is 0.219 e. The van der Waals surface area contributed by atoms with Crippen LogP contribution in [0.25, 0.3) is 11.1 Å². The third-order valence-electron chi connectivity index (χ3n) is 4.60. The number of carbonyl (C=O) groups is 1. The molecule has 2 nitrogen and oxygen atoms in total. The van der Waals surface area contributed by atoms with Gasteiger partial charge in [0.05, 0.1) is 0 Å². The largest absolute Gasteiger partial charge is 0.343 e. The number of hydrogen-bond acceptors (Lipinski definition) is 2. The molecule has 3 rings (SSSR count). The van der Waals surface area contributed by atoms with Crippen molar-refractivity contribution in [2.45, 2.75) is 24.7 Å². The van der Waals surface area contributed by atoms with E-state index in [2.05, 4.69) is 0 Å². The van der Waals surface area contributed by atoms with Crippen molar-refractivity contribution in [1.82, 2.24) is 4.90 Å². The highest BCUT2D eigenvalue weighted by molar-refractivity contribution is 7.99. The van der Waals surface area contributed by atoms with Crippen LogP contribution in [0.3, 0.4) is 0 Å². The number of thioether (sulfide) groups is 1. The minimum Gasteiger partial charge on any atom is -0.343 e. The van der Waals surface area contributed by atoms with Gasteiger partial charge in [-0.05, 0) is 54.2 Å². The topological polar surface area (TPSA) is 20.3 Å². The van der Waals surface area contributed by atoms with Crippen LogP contribution in [-0.4, -0.2) is 29.6 Å². The Morgan fingerprint density at radius 1 is 1.04 bits per heavy atom. The van der Waals surface area contributed by atoms with Crippen molar-refractivity contribution in [3.05, 3.63) is 54.1 Å². The first-order chi connectivity index (χ1) is 12.0. The summed E-state index contributed by atoms with van der Waals surface area (Å²) < 4.78 is 26.7. The second-order valence-corrected chi connectivity index (χ2v) is 7.54. The Morgan fingerprint density at radius 2 is 1.64 bits per heavy atom.